The Hall–Kier alpha value is -5.39. The fourth-order valence-electron chi connectivity index (χ4n) is 7.44. The van der Waals surface area contributed by atoms with Crippen molar-refractivity contribution < 1.29 is 4.42 Å². The van der Waals surface area contributed by atoms with Crippen molar-refractivity contribution in [3.8, 4) is 0 Å². The first-order valence-electron chi connectivity index (χ1n) is 17.0. The van der Waals surface area contributed by atoms with Gasteiger partial charge in [0.15, 0.2) is 0 Å². The van der Waals surface area contributed by atoms with E-state index in [-0.39, 0.29) is 18.1 Å². The Bertz CT molecular complexity index is 2150. The van der Waals surface area contributed by atoms with Crippen molar-refractivity contribution in [2.75, 3.05) is 11.4 Å². The first-order valence-corrected chi connectivity index (χ1v) is 17.0. The van der Waals surface area contributed by atoms with E-state index in [2.05, 4.69) is 102 Å². The number of hydrogen-bond acceptors (Lipinski definition) is 4. The molecular formula is C43H40N4O. The maximum absolute atomic E-state index is 6.61. The molecule has 0 fully saturated rings. The first kappa shape index (κ1) is 30.0. The lowest BCUT2D eigenvalue weighted by molar-refractivity contribution is 0.546. The van der Waals surface area contributed by atoms with E-state index in [9.17, 15) is 0 Å². The molecule has 0 radical (unpaired) electrons. The summed E-state index contributed by atoms with van der Waals surface area (Å²) in [5.41, 5.74) is 16.8. The third-order valence-electron chi connectivity index (χ3n) is 9.78. The lowest BCUT2D eigenvalue weighted by Crippen LogP contribution is -2.28. The van der Waals surface area contributed by atoms with Crippen LogP contribution in [0.4, 0.5) is 11.4 Å². The van der Waals surface area contributed by atoms with Gasteiger partial charge in [-0.15, -0.1) is 6.58 Å². The van der Waals surface area contributed by atoms with Crippen molar-refractivity contribution in [1.29, 1.82) is 0 Å². The van der Waals surface area contributed by atoms with E-state index in [1.54, 1.807) is 0 Å². The van der Waals surface area contributed by atoms with E-state index in [0.29, 0.717) is 5.84 Å². The second-order valence-electron chi connectivity index (χ2n) is 12.8. The predicted octanol–water partition coefficient (Wildman–Crippen LogP) is 10.0. The number of anilines is 2. The maximum atomic E-state index is 6.61. The standard InChI is InChI=1S/C43H40N4O/c1-2-3-12-26-45-43(46-42(44)30-16-8-5-9-17-30)34-19-13-21-40-41(34)36-28-32(23-25-39(36)48-40)47-37-20-11-10-18-33(37)35-27-31(22-24-38(35)47)29-14-6-4-7-15-29/h2,4-6,8-11,13-14,16-25,27-28,33,37,43,45H,1,3,7,12,15,26H2,(H2,44,46). The van der Waals surface area contributed by atoms with Crippen LogP contribution >= 0.6 is 0 Å². The van der Waals surface area contributed by atoms with E-state index in [1.165, 1.54) is 22.4 Å². The van der Waals surface area contributed by atoms with Gasteiger partial charge in [0.25, 0.3) is 0 Å². The van der Waals surface area contributed by atoms with Crippen LogP contribution in [0.25, 0.3) is 27.5 Å². The molecule has 1 aliphatic heterocycles. The third kappa shape index (κ3) is 5.50. The predicted molar refractivity (Wildman–Crippen MR) is 201 cm³/mol. The van der Waals surface area contributed by atoms with Crippen LogP contribution in [0.5, 0.6) is 0 Å². The molecule has 3 unspecified atom stereocenters. The number of hydrogen-bond donors (Lipinski definition) is 2. The summed E-state index contributed by atoms with van der Waals surface area (Å²) in [7, 11) is 0. The second-order valence-corrected chi connectivity index (χ2v) is 12.8. The van der Waals surface area contributed by atoms with Gasteiger partial charge in [0.05, 0.1) is 6.04 Å². The summed E-state index contributed by atoms with van der Waals surface area (Å²) >= 11 is 0. The Morgan fingerprint density at radius 2 is 1.88 bits per heavy atom. The fourth-order valence-corrected chi connectivity index (χ4v) is 7.44. The van der Waals surface area contributed by atoms with Gasteiger partial charge in [0.2, 0.25) is 0 Å². The minimum absolute atomic E-state index is 0.199. The normalized spacial score (nSPS) is 19.0. The molecular weight excluding hydrogens is 589 g/mol. The quantitative estimate of drug-likeness (QED) is 0.0699. The van der Waals surface area contributed by atoms with E-state index in [1.807, 2.05) is 48.5 Å². The Morgan fingerprint density at radius 3 is 2.73 bits per heavy atom. The molecule has 3 N–H and O–H groups in total. The van der Waals surface area contributed by atoms with E-state index < -0.39 is 0 Å². The van der Waals surface area contributed by atoms with Gasteiger partial charge in [-0.2, -0.15) is 0 Å². The largest absolute Gasteiger partial charge is 0.456 e. The molecule has 5 heteroatoms. The zero-order valence-corrected chi connectivity index (χ0v) is 27.1. The van der Waals surface area contributed by atoms with E-state index in [0.717, 1.165) is 71.0 Å². The van der Waals surface area contributed by atoms with Crippen molar-refractivity contribution >= 4 is 44.7 Å². The van der Waals surface area contributed by atoms with Gasteiger partial charge < -0.3 is 15.1 Å². The molecule has 0 saturated carbocycles. The molecule has 2 heterocycles. The molecule has 1 aromatic heterocycles. The number of unbranched alkanes of at least 4 members (excludes halogenated alkanes) is 1. The van der Waals surface area contributed by atoms with Gasteiger partial charge in [-0.3, -0.25) is 5.32 Å². The van der Waals surface area contributed by atoms with Gasteiger partial charge >= 0.3 is 0 Å². The van der Waals surface area contributed by atoms with Gasteiger partial charge in [0, 0.05) is 39.2 Å². The minimum atomic E-state index is -0.353. The molecule has 0 saturated heterocycles. The highest BCUT2D eigenvalue weighted by atomic mass is 16.3. The Balaban J connectivity index is 1.23. The van der Waals surface area contributed by atoms with E-state index >= 15 is 0 Å². The minimum Gasteiger partial charge on any atom is -0.456 e. The molecule has 4 aromatic carbocycles. The van der Waals surface area contributed by atoms with Crippen LogP contribution in [0.3, 0.4) is 0 Å². The Morgan fingerprint density at radius 1 is 0.979 bits per heavy atom. The van der Waals surface area contributed by atoms with Crippen molar-refractivity contribution in [2.45, 2.75) is 43.8 Å². The molecule has 8 rings (SSSR count). The number of aliphatic imine (C=N–C) groups is 1. The molecule has 2 aliphatic carbocycles. The maximum Gasteiger partial charge on any atom is 0.135 e. The van der Waals surface area contributed by atoms with Crippen LogP contribution in [0, 0.1) is 0 Å². The smallest absolute Gasteiger partial charge is 0.135 e. The number of furan rings is 1. The Labute approximate surface area is 282 Å². The molecule has 3 atom stereocenters. The number of nitrogens with two attached hydrogens (primary N) is 1. The van der Waals surface area contributed by atoms with Crippen LogP contribution in [-0.2, 0) is 0 Å². The van der Waals surface area contributed by atoms with Gasteiger partial charge in [-0.25, -0.2) is 4.99 Å². The van der Waals surface area contributed by atoms with Crippen molar-refractivity contribution in [2.24, 2.45) is 10.7 Å². The summed E-state index contributed by atoms with van der Waals surface area (Å²) in [6.07, 6.45) is 21.4. The monoisotopic (exact) mass is 628 g/mol. The average molecular weight is 629 g/mol. The van der Waals surface area contributed by atoms with Crippen LogP contribution < -0.4 is 16.0 Å². The van der Waals surface area contributed by atoms with Gasteiger partial charge in [0.1, 0.15) is 23.2 Å². The van der Waals surface area contributed by atoms with Crippen LogP contribution in [-0.4, -0.2) is 18.4 Å². The molecule has 0 bridgehead atoms. The SMILES string of the molecule is C=CCCCNC(N=C(N)c1ccccc1)c1cccc2oc3ccc(N4c5ccc(C6=CC=CCC6)cc5C5C=CC=CC54)cc3c12. The highest BCUT2D eigenvalue weighted by molar-refractivity contribution is 6.08. The lowest BCUT2D eigenvalue weighted by atomic mass is 9.88. The molecule has 238 valence electrons. The summed E-state index contributed by atoms with van der Waals surface area (Å²) < 4.78 is 6.48. The van der Waals surface area contributed by atoms with Crippen molar-refractivity contribution in [1.82, 2.24) is 5.32 Å². The number of allylic oxidation sites excluding steroid dienone is 7. The number of nitrogens with one attached hydrogen (secondary N) is 1. The number of fused-ring (bicyclic) bond motifs is 6. The summed E-state index contributed by atoms with van der Waals surface area (Å²) in [4.78, 5) is 7.56. The summed E-state index contributed by atoms with van der Waals surface area (Å²) in [6, 6.07) is 30.0. The zero-order valence-electron chi connectivity index (χ0n) is 27.1. The summed E-state index contributed by atoms with van der Waals surface area (Å²) in [5.74, 6) is 0.787. The number of amidine groups is 1. The van der Waals surface area contributed by atoms with Crippen molar-refractivity contribution in [3.63, 3.8) is 0 Å². The Kier molecular flexibility index (Phi) is 8.13. The molecule has 0 amide bonds. The van der Waals surface area contributed by atoms with Gasteiger partial charge in [-0.1, -0.05) is 97.1 Å². The summed E-state index contributed by atoms with van der Waals surface area (Å²) in [6.45, 7) is 4.67. The van der Waals surface area contributed by atoms with Gasteiger partial charge in [-0.05, 0) is 85.3 Å². The first-order chi connectivity index (χ1) is 23.7. The summed E-state index contributed by atoms with van der Waals surface area (Å²) in [5, 5.41) is 5.81. The highest BCUT2D eigenvalue weighted by Gasteiger charge is 2.38. The number of nitrogens with zero attached hydrogens (tertiary/aromatic N) is 2. The molecule has 5 aromatic rings. The number of rotatable bonds is 10. The fraction of sp³-hybridized carbons (Fsp3) is 0.186. The van der Waals surface area contributed by atoms with Crippen LogP contribution in [0.2, 0.25) is 0 Å². The third-order valence-corrected chi connectivity index (χ3v) is 9.78. The lowest BCUT2D eigenvalue weighted by Gasteiger charge is -2.28. The topological polar surface area (TPSA) is 66.8 Å². The second kappa shape index (κ2) is 13.0. The molecule has 48 heavy (non-hydrogen) atoms. The van der Waals surface area contributed by atoms with Crippen molar-refractivity contribution in [3.05, 3.63) is 162 Å². The van der Waals surface area contributed by atoms with Crippen LogP contribution in [0.1, 0.15) is 60.0 Å². The zero-order chi connectivity index (χ0) is 32.5. The van der Waals surface area contributed by atoms with E-state index in [4.69, 9.17) is 15.1 Å². The highest BCUT2D eigenvalue weighted by Crippen LogP contribution is 2.49. The molecule has 0 spiro atoms. The molecule has 3 aliphatic rings. The number of benzene rings is 4. The molecule has 5 nitrogen and oxygen atoms in total. The van der Waals surface area contributed by atoms with Crippen LogP contribution in [0.15, 0.2) is 150 Å². The average Bonchev–Trinajstić information content (AvgIpc) is 3.68.